The van der Waals surface area contributed by atoms with Crippen molar-refractivity contribution in [2.24, 2.45) is 0 Å². The molecule has 2 aromatic rings. The first kappa shape index (κ1) is 15.1. The second kappa shape index (κ2) is 5.61. The normalized spacial score (nSPS) is 13.5. The summed E-state index contributed by atoms with van der Waals surface area (Å²) in [5.74, 6) is 0.782. The second-order valence-electron chi connectivity index (χ2n) is 3.93. The van der Waals surface area contributed by atoms with Crippen LogP contribution in [0.2, 0.25) is 5.02 Å². The van der Waals surface area contributed by atoms with Crippen LogP contribution >= 0.6 is 23.4 Å². The molecule has 0 aliphatic rings. The Balaban J connectivity index is 2.18. The molecule has 108 valence electrons. The number of halogens is 4. The first-order chi connectivity index (χ1) is 9.27. The maximum absolute atomic E-state index is 12.5. The van der Waals surface area contributed by atoms with Crippen molar-refractivity contribution in [1.82, 2.24) is 15.2 Å². The van der Waals surface area contributed by atoms with E-state index in [0.717, 1.165) is 24.0 Å². The van der Waals surface area contributed by atoms with Crippen molar-refractivity contribution in [3.05, 3.63) is 34.6 Å². The minimum absolute atomic E-state index is 0.0621. The molecule has 4 nitrogen and oxygen atoms in total. The molecular weight excluding hydrogens is 315 g/mol. The van der Waals surface area contributed by atoms with Crippen LogP contribution in [0.5, 0.6) is 0 Å². The molecule has 0 aliphatic heterocycles. The van der Waals surface area contributed by atoms with Gasteiger partial charge in [-0.2, -0.15) is 13.2 Å². The van der Waals surface area contributed by atoms with Gasteiger partial charge < -0.3 is 4.42 Å². The lowest BCUT2D eigenvalue weighted by atomic mass is 10.3. The SMILES string of the molecule is Cc1nnc(C(C)Sc2ncc(C(F)(F)F)cc2Cl)o1. The van der Waals surface area contributed by atoms with E-state index in [9.17, 15) is 13.2 Å². The molecule has 2 rings (SSSR count). The van der Waals surface area contributed by atoms with Gasteiger partial charge in [-0.25, -0.2) is 4.98 Å². The number of hydrogen-bond donors (Lipinski definition) is 0. The molecule has 0 N–H and O–H groups in total. The summed E-state index contributed by atoms with van der Waals surface area (Å²) >= 11 is 6.97. The smallest absolute Gasteiger partial charge is 0.417 e. The number of rotatable bonds is 3. The fraction of sp³-hybridized carbons (Fsp3) is 0.364. The highest BCUT2D eigenvalue weighted by Crippen LogP contribution is 2.38. The highest BCUT2D eigenvalue weighted by atomic mass is 35.5. The topological polar surface area (TPSA) is 51.8 Å². The quantitative estimate of drug-likeness (QED) is 0.788. The van der Waals surface area contributed by atoms with E-state index in [1.165, 1.54) is 0 Å². The van der Waals surface area contributed by atoms with Crippen LogP contribution in [0.1, 0.15) is 29.5 Å². The predicted molar refractivity (Wildman–Crippen MR) is 67.6 cm³/mol. The molecule has 0 spiro atoms. The molecule has 2 aromatic heterocycles. The summed E-state index contributed by atoms with van der Waals surface area (Å²) in [5, 5.41) is 7.48. The fourth-order valence-corrected chi connectivity index (χ4v) is 2.48. The molecule has 9 heteroatoms. The first-order valence-electron chi connectivity index (χ1n) is 5.47. The van der Waals surface area contributed by atoms with Gasteiger partial charge in [0, 0.05) is 13.1 Å². The van der Waals surface area contributed by atoms with Gasteiger partial charge >= 0.3 is 6.18 Å². The standard InChI is InChI=1S/C11H9ClF3N3OS/c1-5(9-18-17-6(2)19-9)20-10-8(12)3-7(4-16-10)11(13,14)15/h3-5H,1-2H3. The van der Waals surface area contributed by atoms with Gasteiger partial charge in [0.1, 0.15) is 5.03 Å². The first-order valence-corrected chi connectivity index (χ1v) is 6.72. The minimum Gasteiger partial charge on any atom is -0.424 e. The summed E-state index contributed by atoms with van der Waals surface area (Å²) < 4.78 is 42.7. The van der Waals surface area contributed by atoms with Gasteiger partial charge in [-0.3, -0.25) is 0 Å². The van der Waals surface area contributed by atoms with E-state index < -0.39 is 11.7 Å². The van der Waals surface area contributed by atoms with Crippen molar-refractivity contribution in [2.75, 3.05) is 0 Å². The van der Waals surface area contributed by atoms with Crippen molar-refractivity contribution < 1.29 is 17.6 Å². The van der Waals surface area contributed by atoms with E-state index >= 15 is 0 Å². The van der Waals surface area contributed by atoms with E-state index in [2.05, 4.69) is 15.2 Å². The average molecular weight is 324 g/mol. The predicted octanol–water partition coefficient (Wildman–Crippen LogP) is 4.30. The molecule has 2 heterocycles. The van der Waals surface area contributed by atoms with Crippen LogP contribution in [0.15, 0.2) is 21.7 Å². The van der Waals surface area contributed by atoms with E-state index in [1.807, 2.05) is 0 Å². The Labute approximate surface area is 121 Å². The molecule has 1 atom stereocenters. The summed E-state index contributed by atoms with van der Waals surface area (Å²) in [6.07, 6.45) is -3.71. The van der Waals surface area contributed by atoms with Gasteiger partial charge in [0.05, 0.1) is 15.8 Å². The molecular formula is C11H9ClF3N3OS. The van der Waals surface area contributed by atoms with Crippen LogP contribution in [0.25, 0.3) is 0 Å². The summed E-state index contributed by atoms with van der Waals surface area (Å²) in [4.78, 5) is 3.74. The molecule has 0 amide bonds. The molecule has 0 fully saturated rings. The van der Waals surface area contributed by atoms with Gasteiger partial charge in [-0.05, 0) is 13.0 Å². The maximum atomic E-state index is 12.5. The van der Waals surface area contributed by atoms with Gasteiger partial charge in [-0.15, -0.1) is 10.2 Å². The van der Waals surface area contributed by atoms with Crippen LogP contribution < -0.4 is 0 Å². The van der Waals surface area contributed by atoms with Crippen LogP contribution in [0.4, 0.5) is 13.2 Å². The van der Waals surface area contributed by atoms with Gasteiger partial charge in [-0.1, -0.05) is 23.4 Å². The Hall–Kier alpha value is -1.28. The molecule has 0 aromatic carbocycles. The highest BCUT2D eigenvalue weighted by Gasteiger charge is 2.31. The Bertz CT molecular complexity index is 617. The molecule has 0 aliphatic carbocycles. The highest BCUT2D eigenvalue weighted by molar-refractivity contribution is 7.99. The molecule has 0 radical (unpaired) electrons. The van der Waals surface area contributed by atoms with E-state index in [-0.39, 0.29) is 15.3 Å². The number of nitrogens with zero attached hydrogens (tertiary/aromatic N) is 3. The van der Waals surface area contributed by atoms with E-state index in [0.29, 0.717) is 11.8 Å². The Morgan fingerprint density at radius 1 is 1.35 bits per heavy atom. The van der Waals surface area contributed by atoms with Gasteiger partial charge in [0.15, 0.2) is 0 Å². The van der Waals surface area contributed by atoms with Gasteiger partial charge in [0.2, 0.25) is 11.8 Å². The summed E-state index contributed by atoms with van der Waals surface area (Å²) in [6, 6.07) is 0.850. The van der Waals surface area contributed by atoms with Crippen molar-refractivity contribution in [2.45, 2.75) is 30.3 Å². The zero-order chi connectivity index (χ0) is 14.9. The second-order valence-corrected chi connectivity index (χ2v) is 5.66. The minimum atomic E-state index is -4.46. The number of alkyl halides is 3. The van der Waals surface area contributed by atoms with Crippen LogP contribution in [-0.4, -0.2) is 15.2 Å². The Morgan fingerprint density at radius 2 is 2.05 bits per heavy atom. The van der Waals surface area contributed by atoms with Crippen molar-refractivity contribution >= 4 is 23.4 Å². The number of hydrogen-bond acceptors (Lipinski definition) is 5. The molecule has 1 unspecified atom stereocenters. The Morgan fingerprint density at radius 3 is 2.55 bits per heavy atom. The largest absolute Gasteiger partial charge is 0.424 e. The molecule has 0 bridgehead atoms. The zero-order valence-corrected chi connectivity index (χ0v) is 12.0. The van der Waals surface area contributed by atoms with Crippen LogP contribution in [0, 0.1) is 6.92 Å². The van der Waals surface area contributed by atoms with Crippen LogP contribution in [0.3, 0.4) is 0 Å². The lowest BCUT2D eigenvalue weighted by Gasteiger charge is -2.10. The van der Waals surface area contributed by atoms with E-state index in [1.54, 1.807) is 13.8 Å². The summed E-state index contributed by atoms with van der Waals surface area (Å²) in [7, 11) is 0. The van der Waals surface area contributed by atoms with Crippen molar-refractivity contribution in [3.8, 4) is 0 Å². The van der Waals surface area contributed by atoms with E-state index in [4.69, 9.17) is 16.0 Å². The summed E-state index contributed by atoms with van der Waals surface area (Å²) in [6.45, 7) is 3.42. The number of pyridine rings is 1. The third kappa shape index (κ3) is 3.43. The Kier molecular flexibility index (Phi) is 4.24. The van der Waals surface area contributed by atoms with Crippen LogP contribution in [-0.2, 0) is 6.18 Å². The third-order valence-electron chi connectivity index (χ3n) is 2.31. The molecule has 20 heavy (non-hydrogen) atoms. The monoisotopic (exact) mass is 323 g/mol. The molecule has 0 saturated carbocycles. The van der Waals surface area contributed by atoms with Gasteiger partial charge in [0.25, 0.3) is 0 Å². The lowest BCUT2D eigenvalue weighted by molar-refractivity contribution is -0.137. The lowest BCUT2D eigenvalue weighted by Crippen LogP contribution is -2.05. The van der Waals surface area contributed by atoms with Crippen molar-refractivity contribution in [3.63, 3.8) is 0 Å². The number of thioether (sulfide) groups is 1. The number of aromatic nitrogens is 3. The third-order valence-corrected chi connectivity index (χ3v) is 3.82. The maximum Gasteiger partial charge on any atom is 0.417 e. The fourth-order valence-electron chi connectivity index (χ4n) is 1.36. The number of aryl methyl sites for hydroxylation is 1. The average Bonchev–Trinajstić information content (AvgIpc) is 2.77. The van der Waals surface area contributed by atoms with Crippen molar-refractivity contribution in [1.29, 1.82) is 0 Å². The summed E-state index contributed by atoms with van der Waals surface area (Å²) in [5.41, 5.74) is -0.881. The zero-order valence-electron chi connectivity index (χ0n) is 10.4. The molecule has 0 saturated heterocycles.